The monoisotopic (exact) mass is 242 g/mol. The van der Waals surface area contributed by atoms with Crippen molar-refractivity contribution in [2.45, 2.75) is 12.1 Å². The largest absolute Gasteiger partial charge is 0.480 e. The van der Waals surface area contributed by atoms with Crippen LogP contribution in [-0.4, -0.2) is 45.7 Å². The summed E-state index contributed by atoms with van der Waals surface area (Å²) < 4.78 is 0. The average molecular weight is 242 g/mol. The molecule has 0 aromatic rings. The van der Waals surface area contributed by atoms with Crippen LogP contribution in [0.25, 0.3) is 0 Å². The molecule has 0 aromatic heterocycles. The van der Waals surface area contributed by atoms with E-state index in [1.807, 2.05) is 0 Å². The highest BCUT2D eigenvalue weighted by Crippen LogP contribution is 1.80. The van der Waals surface area contributed by atoms with Crippen LogP contribution in [-0.2, 0) is 9.59 Å². The molecule has 0 aliphatic carbocycles. The molecule has 6 nitrogen and oxygen atoms in total. The molecular formula is C6H14N2O4S2. The molecular weight excluding hydrogens is 228 g/mol. The van der Waals surface area contributed by atoms with Gasteiger partial charge in [0.1, 0.15) is 12.1 Å². The Hall–Kier alpha value is -0.440. The third-order valence-corrected chi connectivity index (χ3v) is 1.81. The number of nitrogens with two attached hydrogens (primary N) is 2. The second-order valence-electron chi connectivity index (χ2n) is 2.25. The zero-order valence-electron chi connectivity index (χ0n) is 7.33. The van der Waals surface area contributed by atoms with Gasteiger partial charge in [0.15, 0.2) is 0 Å². The predicted octanol–water partition coefficient (Wildman–Crippen LogP) is -1.34. The van der Waals surface area contributed by atoms with Gasteiger partial charge in [0.2, 0.25) is 0 Å². The third kappa shape index (κ3) is 9.65. The zero-order valence-corrected chi connectivity index (χ0v) is 9.12. The maximum Gasteiger partial charge on any atom is 0.321 e. The number of carboxylic acids is 2. The number of thiol groups is 2. The Kier molecular flexibility index (Phi) is 10.4. The number of carboxylic acid groups (broad SMARTS) is 2. The van der Waals surface area contributed by atoms with E-state index in [0.29, 0.717) is 0 Å². The molecule has 0 unspecified atom stereocenters. The second-order valence-corrected chi connectivity index (χ2v) is 2.98. The molecule has 0 rings (SSSR count). The standard InChI is InChI=1S/2C3H7NO2S/c2*4-2(1-7)3(5)6/h2*2,7H,1,4H2,(H,5,6)/t2*2-/m00/s1. The van der Waals surface area contributed by atoms with E-state index in [1.54, 1.807) is 0 Å². The first-order chi connectivity index (χ1) is 6.36. The Bertz CT molecular complexity index is 171. The summed E-state index contributed by atoms with van der Waals surface area (Å²) in [6.07, 6.45) is 0. The van der Waals surface area contributed by atoms with Crippen molar-refractivity contribution in [3.8, 4) is 0 Å². The van der Waals surface area contributed by atoms with Crippen molar-refractivity contribution in [1.82, 2.24) is 0 Å². The van der Waals surface area contributed by atoms with E-state index in [0.717, 1.165) is 0 Å². The van der Waals surface area contributed by atoms with Crippen LogP contribution >= 0.6 is 25.3 Å². The van der Waals surface area contributed by atoms with Gasteiger partial charge >= 0.3 is 11.9 Å². The molecule has 2 atom stereocenters. The van der Waals surface area contributed by atoms with Gasteiger partial charge in [0, 0.05) is 11.5 Å². The van der Waals surface area contributed by atoms with Gasteiger partial charge in [-0.3, -0.25) is 9.59 Å². The van der Waals surface area contributed by atoms with Gasteiger partial charge in [-0.25, -0.2) is 0 Å². The molecule has 0 aliphatic rings. The minimum Gasteiger partial charge on any atom is -0.480 e. The Labute approximate surface area is 92.5 Å². The molecule has 8 heteroatoms. The molecule has 14 heavy (non-hydrogen) atoms. The van der Waals surface area contributed by atoms with Gasteiger partial charge in [-0.05, 0) is 0 Å². The number of rotatable bonds is 4. The van der Waals surface area contributed by atoms with Crippen LogP contribution < -0.4 is 11.5 Å². The van der Waals surface area contributed by atoms with E-state index in [2.05, 4.69) is 25.3 Å². The van der Waals surface area contributed by atoms with E-state index in [-0.39, 0.29) is 11.5 Å². The number of hydrogen-bond acceptors (Lipinski definition) is 6. The zero-order chi connectivity index (χ0) is 11.7. The first-order valence-corrected chi connectivity index (χ1v) is 4.81. The SMILES string of the molecule is N[C@@H](CS)C(=O)O.N[C@@H](CS)C(=O)O. The average Bonchev–Trinajstić information content (AvgIpc) is 2.15. The fraction of sp³-hybridized carbons (Fsp3) is 0.667. The van der Waals surface area contributed by atoms with Gasteiger partial charge < -0.3 is 21.7 Å². The quantitative estimate of drug-likeness (QED) is 0.339. The molecule has 0 amide bonds. The second kappa shape index (κ2) is 9.13. The fourth-order valence-electron chi connectivity index (χ4n) is 0.156. The molecule has 0 bridgehead atoms. The van der Waals surface area contributed by atoms with Crippen molar-refractivity contribution in [3.63, 3.8) is 0 Å². The first-order valence-electron chi connectivity index (χ1n) is 3.55. The van der Waals surface area contributed by atoms with Crippen LogP contribution in [0.4, 0.5) is 0 Å². The Morgan fingerprint density at radius 1 is 1.00 bits per heavy atom. The lowest BCUT2D eigenvalue weighted by molar-refractivity contribution is -0.138. The topological polar surface area (TPSA) is 127 Å². The summed E-state index contributed by atoms with van der Waals surface area (Å²) in [5.74, 6) is -1.63. The van der Waals surface area contributed by atoms with Gasteiger partial charge in [-0.1, -0.05) is 0 Å². The molecule has 0 aromatic carbocycles. The number of aliphatic carboxylic acids is 2. The van der Waals surface area contributed by atoms with Crippen LogP contribution in [0.15, 0.2) is 0 Å². The van der Waals surface area contributed by atoms with Crippen molar-refractivity contribution in [2.75, 3.05) is 11.5 Å². The van der Waals surface area contributed by atoms with Crippen LogP contribution in [0.5, 0.6) is 0 Å². The molecule has 0 radical (unpaired) electrons. The highest BCUT2D eigenvalue weighted by Gasteiger charge is 2.06. The summed E-state index contributed by atoms with van der Waals surface area (Å²) in [5.41, 5.74) is 9.88. The summed E-state index contributed by atoms with van der Waals surface area (Å²) in [7, 11) is 0. The number of carbonyl (C=O) groups is 2. The highest BCUT2D eigenvalue weighted by atomic mass is 32.1. The summed E-state index contributed by atoms with van der Waals surface area (Å²) in [4.78, 5) is 19.5. The van der Waals surface area contributed by atoms with Gasteiger partial charge in [-0.15, -0.1) is 0 Å². The van der Waals surface area contributed by atoms with Crippen molar-refractivity contribution in [2.24, 2.45) is 11.5 Å². The lowest BCUT2D eigenvalue weighted by atomic mass is 10.4. The molecule has 0 fully saturated rings. The molecule has 0 heterocycles. The van der Waals surface area contributed by atoms with Gasteiger partial charge in [0.25, 0.3) is 0 Å². The van der Waals surface area contributed by atoms with Crippen molar-refractivity contribution >= 4 is 37.2 Å². The Morgan fingerprint density at radius 3 is 1.21 bits per heavy atom. The fourth-order valence-corrected chi connectivity index (χ4v) is 0.469. The molecule has 84 valence electrons. The molecule has 0 saturated carbocycles. The smallest absolute Gasteiger partial charge is 0.321 e. The minimum atomic E-state index is -1.00. The lowest BCUT2D eigenvalue weighted by Gasteiger charge is -1.96. The van der Waals surface area contributed by atoms with Crippen molar-refractivity contribution < 1.29 is 19.8 Å². The van der Waals surface area contributed by atoms with Crippen LogP contribution in [0.3, 0.4) is 0 Å². The highest BCUT2D eigenvalue weighted by molar-refractivity contribution is 7.80. The summed E-state index contributed by atoms with van der Waals surface area (Å²) in [6.45, 7) is 0. The Balaban J connectivity index is 0. The van der Waals surface area contributed by atoms with Crippen LogP contribution in [0.2, 0.25) is 0 Å². The maximum absolute atomic E-state index is 9.76. The van der Waals surface area contributed by atoms with Crippen molar-refractivity contribution in [1.29, 1.82) is 0 Å². The predicted molar refractivity (Wildman–Crippen MR) is 58.9 cm³/mol. The van der Waals surface area contributed by atoms with E-state index in [9.17, 15) is 9.59 Å². The summed E-state index contributed by atoms with van der Waals surface area (Å²) >= 11 is 7.30. The van der Waals surface area contributed by atoms with E-state index in [4.69, 9.17) is 21.7 Å². The normalized spacial score (nSPS) is 13.4. The molecule has 0 spiro atoms. The van der Waals surface area contributed by atoms with E-state index in [1.165, 1.54) is 0 Å². The van der Waals surface area contributed by atoms with Gasteiger partial charge in [-0.2, -0.15) is 25.3 Å². The van der Waals surface area contributed by atoms with E-state index < -0.39 is 24.0 Å². The first kappa shape index (κ1) is 16.0. The number of hydrogen-bond donors (Lipinski definition) is 6. The Morgan fingerprint density at radius 2 is 1.21 bits per heavy atom. The molecule has 0 saturated heterocycles. The lowest BCUT2D eigenvalue weighted by Crippen LogP contribution is -2.31. The van der Waals surface area contributed by atoms with Crippen LogP contribution in [0.1, 0.15) is 0 Å². The summed E-state index contributed by atoms with van der Waals surface area (Å²) in [6, 6.07) is -1.63. The van der Waals surface area contributed by atoms with Crippen molar-refractivity contribution in [3.05, 3.63) is 0 Å². The summed E-state index contributed by atoms with van der Waals surface area (Å²) in [5, 5.41) is 16.0. The van der Waals surface area contributed by atoms with Gasteiger partial charge in [0.05, 0.1) is 0 Å². The third-order valence-electron chi connectivity index (χ3n) is 1.03. The van der Waals surface area contributed by atoms with Crippen LogP contribution in [0, 0.1) is 0 Å². The maximum atomic E-state index is 9.76. The molecule has 6 N–H and O–H groups in total. The van der Waals surface area contributed by atoms with E-state index >= 15 is 0 Å². The minimum absolute atomic E-state index is 0.190. The molecule has 0 aliphatic heterocycles.